The molecule has 1 N–H and O–H groups in total. The van der Waals surface area contributed by atoms with E-state index in [1.807, 2.05) is 0 Å². The lowest BCUT2D eigenvalue weighted by molar-refractivity contribution is -0.138. The van der Waals surface area contributed by atoms with Gasteiger partial charge in [0.15, 0.2) is 0 Å². The summed E-state index contributed by atoms with van der Waals surface area (Å²) in [7, 11) is 1.35. The van der Waals surface area contributed by atoms with Crippen LogP contribution in [0, 0.1) is 0 Å². The monoisotopic (exact) mass is 283 g/mol. The van der Waals surface area contributed by atoms with E-state index in [2.05, 4.69) is 26.2 Å². The van der Waals surface area contributed by atoms with Gasteiger partial charge in [0.2, 0.25) is 0 Å². The first-order valence-corrected chi connectivity index (χ1v) is 4.86. The smallest absolute Gasteiger partial charge is 0.305 e. The lowest BCUT2D eigenvalue weighted by atomic mass is 10.1. The number of alkyl halides is 3. The van der Waals surface area contributed by atoms with Crippen LogP contribution in [0.4, 0.5) is 13.2 Å². The Balaban J connectivity index is 3.09. The van der Waals surface area contributed by atoms with E-state index in [1.165, 1.54) is 13.2 Å². The van der Waals surface area contributed by atoms with Crippen molar-refractivity contribution in [3.05, 3.63) is 33.8 Å². The predicted molar refractivity (Wildman–Crippen MR) is 53.0 cm³/mol. The summed E-state index contributed by atoms with van der Waals surface area (Å²) in [6.45, 7) is -0.00718. The molecule has 84 valence electrons. The lowest BCUT2D eigenvalue weighted by Gasteiger charge is -2.14. The maximum atomic E-state index is 12.6. The number of hydroxylamine groups is 1. The fourth-order valence-corrected chi connectivity index (χ4v) is 1.65. The zero-order valence-corrected chi connectivity index (χ0v) is 9.45. The minimum Gasteiger partial charge on any atom is -0.305 e. The van der Waals surface area contributed by atoms with E-state index < -0.39 is 11.7 Å². The standard InChI is InChI=1S/C9H9BrF3NO/c1-15-14-5-6-7(9(11,12)13)3-2-4-8(6)10/h2-4,14H,5H2,1H3. The quantitative estimate of drug-likeness (QED) is 0.861. The molecule has 0 fully saturated rings. The van der Waals surface area contributed by atoms with Crippen LogP contribution in [0.3, 0.4) is 0 Å². The number of benzene rings is 1. The molecule has 0 aromatic heterocycles. The van der Waals surface area contributed by atoms with Gasteiger partial charge >= 0.3 is 6.18 Å². The van der Waals surface area contributed by atoms with Crippen LogP contribution in [-0.2, 0) is 17.6 Å². The molecule has 1 rings (SSSR count). The molecule has 0 unspecified atom stereocenters. The highest BCUT2D eigenvalue weighted by atomic mass is 79.9. The van der Waals surface area contributed by atoms with Gasteiger partial charge in [0.25, 0.3) is 0 Å². The first-order chi connectivity index (χ1) is 6.96. The van der Waals surface area contributed by atoms with E-state index in [-0.39, 0.29) is 12.1 Å². The van der Waals surface area contributed by atoms with Gasteiger partial charge in [0.1, 0.15) is 0 Å². The van der Waals surface area contributed by atoms with Gasteiger partial charge < -0.3 is 4.84 Å². The van der Waals surface area contributed by atoms with Gasteiger partial charge in [-0.05, 0) is 17.7 Å². The Morgan fingerprint density at radius 2 is 2.07 bits per heavy atom. The Morgan fingerprint density at radius 3 is 2.60 bits per heavy atom. The number of nitrogens with one attached hydrogen (secondary N) is 1. The van der Waals surface area contributed by atoms with Gasteiger partial charge in [-0.2, -0.15) is 18.7 Å². The predicted octanol–water partition coefficient (Wildman–Crippen LogP) is 3.12. The highest BCUT2D eigenvalue weighted by Crippen LogP contribution is 2.34. The normalized spacial score (nSPS) is 11.8. The molecule has 1 aromatic rings. The molecule has 0 spiro atoms. The SMILES string of the molecule is CONCc1c(Br)cccc1C(F)(F)F. The van der Waals surface area contributed by atoms with Crippen molar-refractivity contribution < 1.29 is 18.0 Å². The Hall–Kier alpha value is -0.590. The third-order valence-corrected chi connectivity index (χ3v) is 2.56. The molecule has 1 aromatic carbocycles. The van der Waals surface area contributed by atoms with Crippen LogP contribution in [0.25, 0.3) is 0 Å². The number of hydrogen-bond donors (Lipinski definition) is 1. The topological polar surface area (TPSA) is 21.3 Å². The lowest BCUT2D eigenvalue weighted by Crippen LogP contribution is -2.17. The van der Waals surface area contributed by atoms with Crippen molar-refractivity contribution >= 4 is 15.9 Å². The van der Waals surface area contributed by atoms with Crippen molar-refractivity contribution in [2.75, 3.05) is 7.11 Å². The molecule has 0 bridgehead atoms. The third kappa shape index (κ3) is 3.19. The Kier molecular flexibility index (Phi) is 4.12. The molecule has 0 amide bonds. The van der Waals surface area contributed by atoms with Crippen LogP contribution in [0.1, 0.15) is 11.1 Å². The van der Waals surface area contributed by atoms with Crippen LogP contribution in [0.5, 0.6) is 0 Å². The van der Waals surface area contributed by atoms with Gasteiger partial charge in [0.05, 0.1) is 12.7 Å². The molecule has 0 radical (unpaired) electrons. The van der Waals surface area contributed by atoms with Crippen molar-refractivity contribution in [1.82, 2.24) is 5.48 Å². The third-order valence-electron chi connectivity index (χ3n) is 1.82. The molecular weight excluding hydrogens is 275 g/mol. The summed E-state index contributed by atoms with van der Waals surface area (Å²) in [6.07, 6.45) is -4.35. The first-order valence-electron chi connectivity index (χ1n) is 4.07. The van der Waals surface area contributed by atoms with Gasteiger partial charge in [-0.1, -0.05) is 22.0 Å². The second-order valence-electron chi connectivity index (χ2n) is 2.79. The molecule has 15 heavy (non-hydrogen) atoms. The van der Waals surface area contributed by atoms with Crippen LogP contribution in [0.15, 0.2) is 22.7 Å². The maximum absolute atomic E-state index is 12.6. The maximum Gasteiger partial charge on any atom is 0.416 e. The average molecular weight is 284 g/mol. The van der Waals surface area contributed by atoms with E-state index in [0.29, 0.717) is 4.47 Å². The van der Waals surface area contributed by atoms with E-state index in [0.717, 1.165) is 6.07 Å². The molecule has 0 saturated heterocycles. The summed E-state index contributed by atoms with van der Waals surface area (Å²) in [6, 6.07) is 3.95. The molecule has 0 heterocycles. The minimum atomic E-state index is -4.35. The summed E-state index contributed by atoms with van der Waals surface area (Å²) < 4.78 is 38.1. The van der Waals surface area contributed by atoms with Crippen LogP contribution in [-0.4, -0.2) is 7.11 Å². The molecule has 0 saturated carbocycles. The fourth-order valence-electron chi connectivity index (χ4n) is 1.15. The molecule has 0 aliphatic carbocycles. The number of halogens is 4. The summed E-state index contributed by atoms with van der Waals surface area (Å²) in [5.41, 5.74) is 1.85. The Morgan fingerprint density at radius 1 is 1.40 bits per heavy atom. The van der Waals surface area contributed by atoms with E-state index in [4.69, 9.17) is 0 Å². The van der Waals surface area contributed by atoms with Gasteiger partial charge in [-0.3, -0.25) is 0 Å². The molecular formula is C9H9BrF3NO. The molecule has 2 nitrogen and oxygen atoms in total. The summed E-state index contributed by atoms with van der Waals surface area (Å²) in [4.78, 5) is 4.53. The van der Waals surface area contributed by atoms with Gasteiger partial charge in [-0.15, -0.1) is 0 Å². The second kappa shape index (κ2) is 4.96. The van der Waals surface area contributed by atoms with Crippen molar-refractivity contribution in [2.24, 2.45) is 0 Å². The largest absolute Gasteiger partial charge is 0.416 e. The van der Waals surface area contributed by atoms with Crippen LogP contribution in [0.2, 0.25) is 0 Å². The number of hydrogen-bond acceptors (Lipinski definition) is 2. The highest BCUT2D eigenvalue weighted by molar-refractivity contribution is 9.10. The van der Waals surface area contributed by atoms with E-state index in [1.54, 1.807) is 6.07 Å². The fraction of sp³-hybridized carbons (Fsp3) is 0.333. The summed E-state index contributed by atoms with van der Waals surface area (Å²) >= 11 is 3.07. The Bertz CT molecular complexity index is 341. The summed E-state index contributed by atoms with van der Waals surface area (Å²) in [5.74, 6) is 0. The van der Waals surface area contributed by atoms with E-state index >= 15 is 0 Å². The number of rotatable bonds is 3. The van der Waals surface area contributed by atoms with Gasteiger partial charge in [-0.25, -0.2) is 0 Å². The van der Waals surface area contributed by atoms with Crippen LogP contribution >= 0.6 is 15.9 Å². The molecule has 0 aliphatic rings. The minimum absolute atomic E-state index is 0.00718. The van der Waals surface area contributed by atoms with Crippen molar-refractivity contribution in [2.45, 2.75) is 12.7 Å². The van der Waals surface area contributed by atoms with Crippen molar-refractivity contribution in [3.63, 3.8) is 0 Å². The average Bonchev–Trinajstić information content (AvgIpc) is 2.14. The first kappa shape index (κ1) is 12.5. The van der Waals surface area contributed by atoms with Crippen molar-refractivity contribution in [1.29, 1.82) is 0 Å². The highest BCUT2D eigenvalue weighted by Gasteiger charge is 2.33. The molecule has 6 heteroatoms. The zero-order chi connectivity index (χ0) is 11.5. The molecule has 0 aliphatic heterocycles. The Labute approximate surface area is 93.5 Å². The van der Waals surface area contributed by atoms with E-state index in [9.17, 15) is 13.2 Å². The zero-order valence-electron chi connectivity index (χ0n) is 7.86. The summed E-state index contributed by atoms with van der Waals surface area (Å²) in [5, 5.41) is 0. The second-order valence-corrected chi connectivity index (χ2v) is 3.64. The molecule has 0 atom stereocenters. The van der Waals surface area contributed by atoms with Gasteiger partial charge in [0, 0.05) is 11.0 Å². The van der Waals surface area contributed by atoms with Crippen LogP contribution < -0.4 is 5.48 Å². The van der Waals surface area contributed by atoms with Crippen molar-refractivity contribution in [3.8, 4) is 0 Å².